The third-order valence-corrected chi connectivity index (χ3v) is 7.80. The molecule has 0 spiro atoms. The number of Topliss-reactive ketones (excluding diaryl/α,β-unsaturated/α-hetero) is 1. The van der Waals surface area contributed by atoms with Crippen LogP contribution in [-0.2, 0) is 6.42 Å². The molecule has 1 fully saturated rings. The summed E-state index contributed by atoms with van der Waals surface area (Å²) >= 11 is 0. The number of fused-ring (bicyclic) bond motifs is 5. The first kappa shape index (κ1) is 17.7. The van der Waals surface area contributed by atoms with Crippen LogP contribution in [-0.4, -0.2) is 12.9 Å². The van der Waals surface area contributed by atoms with Gasteiger partial charge in [0.25, 0.3) is 0 Å². The van der Waals surface area contributed by atoms with Gasteiger partial charge in [0.15, 0.2) is 5.78 Å². The Balaban J connectivity index is 1.44. The van der Waals surface area contributed by atoms with Crippen LogP contribution in [0.2, 0.25) is 0 Å². The Kier molecular flexibility index (Phi) is 4.19. The highest BCUT2D eigenvalue weighted by Crippen LogP contribution is 2.61. The van der Waals surface area contributed by atoms with E-state index in [9.17, 15) is 4.79 Å². The molecule has 28 heavy (non-hydrogen) atoms. The SMILES string of the molecule is COc1ccc2c(c1)CC[C@@H]1[C@@H]2CC[C@]2(C)C(C(=O)c3ccccc3)=CC[C@@H]12. The predicted molar refractivity (Wildman–Crippen MR) is 112 cm³/mol. The second-order valence-electron chi connectivity index (χ2n) is 8.99. The van der Waals surface area contributed by atoms with E-state index in [-0.39, 0.29) is 11.2 Å². The fourth-order valence-corrected chi connectivity index (χ4v) is 6.35. The summed E-state index contributed by atoms with van der Waals surface area (Å²) in [4.78, 5) is 13.3. The summed E-state index contributed by atoms with van der Waals surface area (Å²) in [6.07, 6.45) is 7.96. The second-order valence-corrected chi connectivity index (χ2v) is 8.99. The number of carbonyl (C=O) groups is 1. The number of hydrogen-bond acceptors (Lipinski definition) is 2. The molecule has 5 rings (SSSR count). The van der Waals surface area contributed by atoms with E-state index < -0.39 is 0 Å². The van der Waals surface area contributed by atoms with Gasteiger partial charge in [-0.1, -0.05) is 49.4 Å². The molecular formula is C26H28O2. The molecule has 0 aliphatic heterocycles. The molecule has 0 N–H and O–H groups in total. The van der Waals surface area contributed by atoms with E-state index in [0.717, 1.165) is 36.1 Å². The van der Waals surface area contributed by atoms with Gasteiger partial charge < -0.3 is 4.74 Å². The Morgan fingerprint density at radius 1 is 1.11 bits per heavy atom. The van der Waals surface area contributed by atoms with Crippen molar-refractivity contribution in [3.8, 4) is 5.75 Å². The van der Waals surface area contributed by atoms with Crippen LogP contribution in [0.25, 0.3) is 0 Å². The molecule has 0 amide bonds. The van der Waals surface area contributed by atoms with Crippen LogP contribution >= 0.6 is 0 Å². The Morgan fingerprint density at radius 2 is 1.93 bits per heavy atom. The van der Waals surface area contributed by atoms with Crippen molar-refractivity contribution in [3.63, 3.8) is 0 Å². The van der Waals surface area contributed by atoms with Crippen LogP contribution in [0.5, 0.6) is 5.75 Å². The van der Waals surface area contributed by atoms with Crippen molar-refractivity contribution in [3.05, 3.63) is 76.9 Å². The highest BCUT2D eigenvalue weighted by molar-refractivity contribution is 6.09. The average Bonchev–Trinajstić information content (AvgIpc) is 3.10. The standard InChI is InChI=1S/C26H28O2/c1-26-15-14-21-20-11-9-19(28-2)16-18(20)8-10-22(21)23(26)12-13-24(26)25(27)17-6-4-3-5-7-17/h3-7,9,11,13,16,21-23H,8,10,12,14-15H2,1-2H3/t21-,22-,23+,26+/m1/s1. The fraction of sp³-hybridized carbons (Fsp3) is 0.423. The molecule has 144 valence electrons. The lowest BCUT2D eigenvalue weighted by atomic mass is 9.54. The monoisotopic (exact) mass is 372 g/mol. The van der Waals surface area contributed by atoms with Gasteiger partial charge in [-0.3, -0.25) is 4.79 Å². The zero-order chi connectivity index (χ0) is 19.3. The van der Waals surface area contributed by atoms with Gasteiger partial charge in [0, 0.05) is 11.1 Å². The van der Waals surface area contributed by atoms with Gasteiger partial charge in [0.2, 0.25) is 0 Å². The summed E-state index contributed by atoms with van der Waals surface area (Å²) in [6, 6.07) is 16.5. The molecular weight excluding hydrogens is 344 g/mol. The number of benzene rings is 2. The van der Waals surface area contributed by atoms with Gasteiger partial charge in [-0.15, -0.1) is 0 Å². The van der Waals surface area contributed by atoms with E-state index in [2.05, 4.69) is 31.2 Å². The van der Waals surface area contributed by atoms with Crippen molar-refractivity contribution in [2.75, 3.05) is 7.11 Å². The quantitative estimate of drug-likeness (QED) is 0.620. The lowest BCUT2D eigenvalue weighted by Gasteiger charge is -2.50. The van der Waals surface area contributed by atoms with Crippen LogP contribution in [0.3, 0.4) is 0 Å². The average molecular weight is 373 g/mol. The Morgan fingerprint density at radius 3 is 2.71 bits per heavy atom. The fourth-order valence-electron chi connectivity index (χ4n) is 6.35. The molecule has 4 atom stereocenters. The number of methoxy groups -OCH3 is 1. The topological polar surface area (TPSA) is 26.3 Å². The van der Waals surface area contributed by atoms with Crippen molar-refractivity contribution in [2.45, 2.75) is 44.9 Å². The number of ether oxygens (including phenoxy) is 1. The van der Waals surface area contributed by atoms with Gasteiger partial charge in [-0.05, 0) is 78.5 Å². The molecule has 0 aromatic heterocycles. The van der Waals surface area contributed by atoms with Crippen molar-refractivity contribution in [1.29, 1.82) is 0 Å². The smallest absolute Gasteiger partial charge is 0.189 e. The summed E-state index contributed by atoms with van der Waals surface area (Å²) in [7, 11) is 1.74. The molecule has 0 heterocycles. The predicted octanol–water partition coefficient (Wildman–Crippen LogP) is 5.97. The molecule has 2 heteroatoms. The van der Waals surface area contributed by atoms with Crippen molar-refractivity contribution >= 4 is 5.78 Å². The number of aryl methyl sites for hydroxylation is 1. The van der Waals surface area contributed by atoms with E-state index in [0.29, 0.717) is 17.8 Å². The highest BCUT2D eigenvalue weighted by Gasteiger charge is 2.53. The van der Waals surface area contributed by atoms with Gasteiger partial charge in [0.05, 0.1) is 7.11 Å². The molecule has 0 unspecified atom stereocenters. The van der Waals surface area contributed by atoms with E-state index in [1.165, 1.54) is 24.0 Å². The summed E-state index contributed by atoms with van der Waals surface area (Å²) in [5, 5.41) is 0. The first-order chi connectivity index (χ1) is 13.6. The van der Waals surface area contributed by atoms with Crippen LogP contribution in [0.15, 0.2) is 60.2 Å². The Hall–Kier alpha value is -2.35. The van der Waals surface area contributed by atoms with Crippen LogP contribution in [0.1, 0.15) is 60.0 Å². The molecule has 1 saturated carbocycles. The molecule has 0 saturated heterocycles. The Labute approximate surface area is 167 Å². The number of ketones is 1. The molecule has 3 aliphatic carbocycles. The van der Waals surface area contributed by atoms with Crippen molar-refractivity contribution in [1.82, 2.24) is 0 Å². The first-order valence-corrected chi connectivity index (χ1v) is 10.6. The minimum absolute atomic E-state index is 0.0259. The van der Waals surface area contributed by atoms with Gasteiger partial charge in [-0.2, -0.15) is 0 Å². The lowest BCUT2D eigenvalue weighted by Crippen LogP contribution is -2.42. The van der Waals surface area contributed by atoms with Gasteiger partial charge in [0.1, 0.15) is 5.75 Å². The summed E-state index contributed by atoms with van der Waals surface area (Å²) in [6.45, 7) is 2.36. The van der Waals surface area contributed by atoms with Crippen LogP contribution in [0, 0.1) is 17.3 Å². The minimum Gasteiger partial charge on any atom is -0.497 e. The number of carbonyl (C=O) groups excluding carboxylic acids is 1. The second kappa shape index (κ2) is 6.62. The molecule has 2 aromatic rings. The summed E-state index contributed by atoms with van der Waals surface area (Å²) < 4.78 is 5.44. The van der Waals surface area contributed by atoms with E-state index in [1.807, 2.05) is 30.3 Å². The number of allylic oxidation sites excluding steroid dienone is 2. The summed E-state index contributed by atoms with van der Waals surface area (Å²) in [5.74, 6) is 3.11. The van der Waals surface area contributed by atoms with Crippen LogP contribution < -0.4 is 4.74 Å². The van der Waals surface area contributed by atoms with Crippen molar-refractivity contribution in [2.24, 2.45) is 17.3 Å². The third kappa shape index (κ3) is 2.57. The van der Waals surface area contributed by atoms with Gasteiger partial charge >= 0.3 is 0 Å². The lowest BCUT2D eigenvalue weighted by molar-refractivity contribution is 0.0678. The molecule has 0 bridgehead atoms. The van der Waals surface area contributed by atoms with E-state index in [1.54, 1.807) is 7.11 Å². The third-order valence-electron chi connectivity index (χ3n) is 7.80. The molecule has 2 aromatic carbocycles. The minimum atomic E-state index is 0.0259. The normalized spacial score (nSPS) is 30.6. The summed E-state index contributed by atoms with van der Waals surface area (Å²) in [5.41, 5.74) is 4.93. The maximum atomic E-state index is 13.3. The number of rotatable bonds is 3. The van der Waals surface area contributed by atoms with Gasteiger partial charge in [-0.25, -0.2) is 0 Å². The maximum absolute atomic E-state index is 13.3. The number of hydrogen-bond donors (Lipinski definition) is 0. The molecule has 3 aliphatic rings. The molecule has 2 nitrogen and oxygen atoms in total. The largest absolute Gasteiger partial charge is 0.497 e. The van der Waals surface area contributed by atoms with Crippen LogP contribution in [0.4, 0.5) is 0 Å². The van der Waals surface area contributed by atoms with E-state index in [4.69, 9.17) is 4.74 Å². The van der Waals surface area contributed by atoms with E-state index >= 15 is 0 Å². The highest BCUT2D eigenvalue weighted by atomic mass is 16.5. The Bertz CT molecular complexity index is 942. The zero-order valence-electron chi connectivity index (χ0n) is 16.8. The first-order valence-electron chi connectivity index (χ1n) is 10.6. The zero-order valence-corrected chi connectivity index (χ0v) is 16.8. The van der Waals surface area contributed by atoms with Crippen molar-refractivity contribution < 1.29 is 9.53 Å². The maximum Gasteiger partial charge on any atom is 0.189 e. The molecule has 0 radical (unpaired) electrons.